The van der Waals surface area contributed by atoms with Crippen LogP contribution in [0.15, 0.2) is 51.7 Å². The SMILES string of the molecule is N#Cc1cccc(OCCn2c(=O)oc3ccc([N+](=O)[O-])cc32)c1. The highest BCUT2D eigenvalue weighted by Crippen LogP contribution is 2.20. The number of fused-ring (bicyclic) bond motifs is 1. The van der Waals surface area contributed by atoms with Gasteiger partial charge in [-0.15, -0.1) is 0 Å². The Morgan fingerprint density at radius 3 is 2.88 bits per heavy atom. The Morgan fingerprint density at radius 1 is 1.29 bits per heavy atom. The maximum Gasteiger partial charge on any atom is 0.420 e. The van der Waals surface area contributed by atoms with Crippen LogP contribution in [0.4, 0.5) is 5.69 Å². The van der Waals surface area contributed by atoms with Gasteiger partial charge in [0, 0.05) is 12.1 Å². The second kappa shape index (κ2) is 6.26. The Labute approximate surface area is 135 Å². The Kier molecular flexibility index (Phi) is 3.99. The van der Waals surface area contributed by atoms with Crippen LogP contribution in [-0.4, -0.2) is 16.1 Å². The minimum Gasteiger partial charge on any atom is -0.492 e. The van der Waals surface area contributed by atoms with E-state index in [2.05, 4.69) is 0 Å². The van der Waals surface area contributed by atoms with Crippen LogP contribution in [0.3, 0.4) is 0 Å². The Morgan fingerprint density at radius 2 is 2.12 bits per heavy atom. The average Bonchev–Trinajstić information content (AvgIpc) is 2.90. The van der Waals surface area contributed by atoms with Crippen LogP contribution in [0.25, 0.3) is 11.1 Å². The minimum absolute atomic E-state index is 0.125. The number of hydrogen-bond donors (Lipinski definition) is 0. The molecule has 0 fully saturated rings. The van der Waals surface area contributed by atoms with Crippen LogP contribution in [0, 0.1) is 21.4 Å². The predicted molar refractivity (Wildman–Crippen MR) is 83.8 cm³/mol. The second-order valence-corrected chi connectivity index (χ2v) is 4.92. The summed E-state index contributed by atoms with van der Waals surface area (Å²) in [4.78, 5) is 22.2. The van der Waals surface area contributed by atoms with Gasteiger partial charge in [-0.25, -0.2) is 4.79 Å². The molecule has 0 amide bonds. The number of non-ortho nitro benzene ring substituents is 1. The number of ether oxygens (including phenoxy) is 1. The first-order chi connectivity index (χ1) is 11.6. The molecular formula is C16H11N3O5. The number of nitriles is 1. The van der Waals surface area contributed by atoms with Crippen LogP contribution in [0.2, 0.25) is 0 Å². The van der Waals surface area contributed by atoms with Crippen LogP contribution in [-0.2, 0) is 6.54 Å². The van der Waals surface area contributed by atoms with E-state index in [4.69, 9.17) is 14.4 Å². The summed E-state index contributed by atoms with van der Waals surface area (Å²) in [5, 5.41) is 19.7. The first-order valence-corrected chi connectivity index (χ1v) is 6.99. The van der Waals surface area contributed by atoms with Gasteiger partial charge in [0.05, 0.1) is 28.6 Å². The summed E-state index contributed by atoms with van der Waals surface area (Å²) in [5.41, 5.74) is 0.953. The van der Waals surface area contributed by atoms with Gasteiger partial charge in [-0.05, 0) is 24.3 Å². The maximum atomic E-state index is 11.9. The molecule has 24 heavy (non-hydrogen) atoms. The highest BCUT2D eigenvalue weighted by molar-refractivity contribution is 5.75. The molecule has 0 saturated carbocycles. The molecule has 0 aliphatic carbocycles. The van der Waals surface area contributed by atoms with Crippen molar-refractivity contribution in [2.75, 3.05) is 6.61 Å². The topological polar surface area (TPSA) is 111 Å². The van der Waals surface area contributed by atoms with Crippen molar-refractivity contribution in [1.29, 1.82) is 5.26 Å². The van der Waals surface area contributed by atoms with Gasteiger partial charge in [0.25, 0.3) is 5.69 Å². The van der Waals surface area contributed by atoms with E-state index in [0.29, 0.717) is 16.8 Å². The van der Waals surface area contributed by atoms with Crippen molar-refractivity contribution in [3.05, 3.63) is 68.7 Å². The van der Waals surface area contributed by atoms with Crippen LogP contribution >= 0.6 is 0 Å². The lowest BCUT2D eigenvalue weighted by atomic mass is 10.2. The molecule has 0 bridgehead atoms. The zero-order valence-corrected chi connectivity index (χ0v) is 12.3. The first-order valence-electron chi connectivity index (χ1n) is 6.99. The number of benzene rings is 2. The summed E-state index contributed by atoms with van der Waals surface area (Å²) < 4.78 is 11.9. The van der Waals surface area contributed by atoms with E-state index < -0.39 is 10.7 Å². The van der Waals surface area contributed by atoms with Crippen molar-refractivity contribution < 1.29 is 14.1 Å². The number of nitro benzene ring substituents is 1. The maximum absolute atomic E-state index is 11.9. The number of aromatic nitrogens is 1. The molecule has 0 saturated heterocycles. The molecule has 0 unspecified atom stereocenters. The molecule has 8 nitrogen and oxygen atoms in total. The molecule has 0 N–H and O–H groups in total. The van der Waals surface area contributed by atoms with E-state index in [9.17, 15) is 14.9 Å². The number of rotatable bonds is 5. The van der Waals surface area contributed by atoms with Gasteiger partial charge in [-0.3, -0.25) is 14.7 Å². The van der Waals surface area contributed by atoms with E-state index in [0.717, 1.165) is 0 Å². The number of oxazole rings is 1. The van der Waals surface area contributed by atoms with Crippen molar-refractivity contribution in [1.82, 2.24) is 4.57 Å². The summed E-state index contributed by atoms with van der Waals surface area (Å²) in [6.07, 6.45) is 0. The van der Waals surface area contributed by atoms with E-state index >= 15 is 0 Å². The monoisotopic (exact) mass is 325 g/mol. The summed E-state index contributed by atoms with van der Waals surface area (Å²) in [5.74, 6) is -0.110. The highest BCUT2D eigenvalue weighted by Gasteiger charge is 2.14. The molecule has 1 aromatic heterocycles. The van der Waals surface area contributed by atoms with Gasteiger partial charge in [0.2, 0.25) is 0 Å². The standard InChI is InChI=1S/C16H11N3O5/c17-10-11-2-1-3-13(8-11)23-7-6-18-14-9-12(19(21)22)4-5-15(14)24-16(18)20/h1-5,8-9H,6-7H2. The summed E-state index contributed by atoms with van der Waals surface area (Å²) in [7, 11) is 0. The molecule has 8 heteroatoms. The van der Waals surface area contributed by atoms with Gasteiger partial charge in [-0.2, -0.15) is 5.26 Å². The molecule has 1 heterocycles. The molecule has 0 radical (unpaired) electrons. The van der Waals surface area contributed by atoms with Crippen molar-refractivity contribution in [3.63, 3.8) is 0 Å². The molecule has 2 aromatic carbocycles. The Hall–Kier alpha value is -3.60. The molecular weight excluding hydrogens is 314 g/mol. The molecule has 120 valence electrons. The van der Waals surface area contributed by atoms with Crippen LogP contribution in [0.5, 0.6) is 5.75 Å². The third-order valence-electron chi connectivity index (χ3n) is 3.41. The molecule has 3 rings (SSSR count). The van der Waals surface area contributed by atoms with Crippen molar-refractivity contribution >= 4 is 16.8 Å². The van der Waals surface area contributed by atoms with Crippen LogP contribution < -0.4 is 10.5 Å². The van der Waals surface area contributed by atoms with Crippen molar-refractivity contribution in [3.8, 4) is 11.8 Å². The van der Waals surface area contributed by atoms with E-state index in [1.54, 1.807) is 24.3 Å². The van der Waals surface area contributed by atoms with Gasteiger partial charge < -0.3 is 9.15 Å². The van der Waals surface area contributed by atoms with Gasteiger partial charge in [0.1, 0.15) is 12.4 Å². The lowest BCUT2D eigenvalue weighted by Crippen LogP contribution is -2.18. The van der Waals surface area contributed by atoms with Crippen molar-refractivity contribution in [2.24, 2.45) is 0 Å². The number of nitrogens with zero attached hydrogens (tertiary/aromatic N) is 3. The lowest BCUT2D eigenvalue weighted by molar-refractivity contribution is -0.384. The smallest absolute Gasteiger partial charge is 0.420 e. The zero-order valence-electron chi connectivity index (χ0n) is 12.3. The molecule has 0 aliphatic rings. The predicted octanol–water partition coefficient (Wildman–Crippen LogP) is 2.45. The van der Waals surface area contributed by atoms with Gasteiger partial charge in [0.15, 0.2) is 5.58 Å². The lowest BCUT2D eigenvalue weighted by Gasteiger charge is -2.06. The van der Waals surface area contributed by atoms with E-state index in [1.807, 2.05) is 6.07 Å². The fourth-order valence-corrected chi connectivity index (χ4v) is 2.29. The second-order valence-electron chi connectivity index (χ2n) is 4.92. The highest BCUT2D eigenvalue weighted by atomic mass is 16.6. The van der Waals surface area contributed by atoms with Gasteiger partial charge >= 0.3 is 5.76 Å². The largest absolute Gasteiger partial charge is 0.492 e. The average molecular weight is 325 g/mol. The minimum atomic E-state index is -0.611. The fourth-order valence-electron chi connectivity index (χ4n) is 2.29. The number of hydrogen-bond acceptors (Lipinski definition) is 6. The zero-order chi connectivity index (χ0) is 17.1. The summed E-state index contributed by atoms with van der Waals surface area (Å²) in [6, 6.07) is 12.6. The normalized spacial score (nSPS) is 10.5. The van der Waals surface area contributed by atoms with Gasteiger partial charge in [-0.1, -0.05) is 6.07 Å². The molecule has 3 aromatic rings. The van der Waals surface area contributed by atoms with E-state index in [-0.39, 0.29) is 24.4 Å². The third-order valence-corrected chi connectivity index (χ3v) is 3.41. The first kappa shape index (κ1) is 15.3. The summed E-state index contributed by atoms with van der Waals surface area (Å²) in [6.45, 7) is 0.301. The quantitative estimate of drug-likeness (QED) is 0.526. The van der Waals surface area contributed by atoms with Crippen molar-refractivity contribution in [2.45, 2.75) is 6.54 Å². The third kappa shape index (κ3) is 2.96. The van der Waals surface area contributed by atoms with Crippen LogP contribution in [0.1, 0.15) is 5.56 Å². The Balaban J connectivity index is 1.80. The molecule has 0 spiro atoms. The molecule has 0 atom stereocenters. The Bertz CT molecular complexity index is 1010. The number of nitro groups is 1. The molecule has 0 aliphatic heterocycles. The van der Waals surface area contributed by atoms with E-state index in [1.165, 1.54) is 22.8 Å². The summed E-state index contributed by atoms with van der Waals surface area (Å²) >= 11 is 0. The fraction of sp³-hybridized carbons (Fsp3) is 0.125.